The lowest BCUT2D eigenvalue weighted by atomic mass is 9.99. The van der Waals surface area contributed by atoms with Crippen LogP contribution in [0.4, 0.5) is 0 Å². The highest BCUT2D eigenvalue weighted by atomic mass is 16.3. The molecule has 0 unspecified atom stereocenters. The second-order valence-electron chi connectivity index (χ2n) is 9.65. The van der Waals surface area contributed by atoms with E-state index in [9.17, 15) is 14.7 Å². The van der Waals surface area contributed by atoms with Crippen molar-refractivity contribution in [3.63, 3.8) is 0 Å². The summed E-state index contributed by atoms with van der Waals surface area (Å²) in [5.41, 5.74) is 12.5. The number of aliphatic hydroxyl groups excluding tert-OH is 1. The van der Waals surface area contributed by atoms with Crippen LogP contribution >= 0.6 is 0 Å². The number of carbonyl (C=O) groups is 2. The zero-order valence-electron chi connectivity index (χ0n) is 21.3. The smallest absolute Gasteiger partial charge is 0.269 e. The molecule has 194 valence electrons. The van der Waals surface area contributed by atoms with Gasteiger partial charge in [0.25, 0.3) is 11.8 Å². The van der Waals surface area contributed by atoms with Crippen LogP contribution < -0.4 is 11.1 Å². The quantitative estimate of drug-likeness (QED) is 0.355. The topological polar surface area (TPSA) is 113 Å². The molecular formula is C30H31N5O3. The summed E-state index contributed by atoms with van der Waals surface area (Å²) in [6.45, 7) is 3.75. The predicted molar refractivity (Wildman–Crippen MR) is 146 cm³/mol. The second kappa shape index (κ2) is 11.0. The van der Waals surface area contributed by atoms with Gasteiger partial charge in [0, 0.05) is 36.9 Å². The van der Waals surface area contributed by atoms with Crippen molar-refractivity contribution in [1.82, 2.24) is 20.0 Å². The highest BCUT2D eigenvalue weighted by molar-refractivity contribution is 5.95. The van der Waals surface area contributed by atoms with E-state index in [2.05, 4.69) is 46.8 Å². The molecule has 1 saturated heterocycles. The third-order valence-corrected chi connectivity index (χ3v) is 6.91. The monoisotopic (exact) mass is 509 g/mol. The summed E-state index contributed by atoms with van der Waals surface area (Å²) >= 11 is 0. The number of primary amides is 1. The van der Waals surface area contributed by atoms with Crippen LogP contribution in [0, 0.1) is 6.92 Å². The maximum absolute atomic E-state index is 12.9. The van der Waals surface area contributed by atoms with Crippen molar-refractivity contribution in [3.8, 4) is 16.8 Å². The summed E-state index contributed by atoms with van der Waals surface area (Å²) in [7, 11) is 0. The minimum Gasteiger partial charge on any atom is -0.395 e. The first kappa shape index (κ1) is 25.4. The minimum atomic E-state index is -0.538. The van der Waals surface area contributed by atoms with Crippen molar-refractivity contribution in [1.29, 1.82) is 0 Å². The van der Waals surface area contributed by atoms with Gasteiger partial charge in [0.05, 0.1) is 12.3 Å². The summed E-state index contributed by atoms with van der Waals surface area (Å²) in [4.78, 5) is 26.1. The molecule has 0 radical (unpaired) electrons. The Morgan fingerprint density at radius 3 is 2.16 bits per heavy atom. The fraction of sp³-hybridized carbons (Fsp3) is 0.233. The van der Waals surface area contributed by atoms with Gasteiger partial charge in [0.15, 0.2) is 5.69 Å². The zero-order chi connectivity index (χ0) is 26.6. The molecule has 0 bridgehead atoms. The molecule has 5 rings (SSSR count). The number of piperazine rings is 1. The SMILES string of the molecule is Cc1cc(C(N)=O)nn1-c1ccc(Cc2ccc(-c3ccc(C(=O)N4CCN[C@H](CO)C4)cc3)cc2)cc1. The van der Waals surface area contributed by atoms with E-state index in [0.29, 0.717) is 25.2 Å². The van der Waals surface area contributed by atoms with E-state index in [4.69, 9.17) is 5.73 Å². The highest BCUT2D eigenvalue weighted by Gasteiger charge is 2.23. The Balaban J connectivity index is 1.22. The minimum absolute atomic E-state index is 0.00565. The molecule has 4 N–H and O–H groups in total. The Morgan fingerprint density at radius 2 is 1.58 bits per heavy atom. The first-order valence-corrected chi connectivity index (χ1v) is 12.7. The average Bonchev–Trinajstić information content (AvgIpc) is 3.35. The van der Waals surface area contributed by atoms with Crippen LogP contribution in [0.15, 0.2) is 78.9 Å². The molecule has 1 aromatic heterocycles. The predicted octanol–water partition coefficient (Wildman–Crippen LogP) is 2.94. The second-order valence-corrected chi connectivity index (χ2v) is 9.65. The lowest BCUT2D eigenvalue weighted by Crippen LogP contribution is -2.54. The van der Waals surface area contributed by atoms with Crippen molar-refractivity contribution in [2.45, 2.75) is 19.4 Å². The molecule has 3 aromatic carbocycles. The van der Waals surface area contributed by atoms with Gasteiger partial charge in [-0.05, 0) is 65.9 Å². The van der Waals surface area contributed by atoms with Gasteiger partial charge in [-0.3, -0.25) is 9.59 Å². The van der Waals surface area contributed by atoms with E-state index in [1.165, 1.54) is 11.1 Å². The number of rotatable bonds is 7. The number of nitrogens with one attached hydrogen (secondary N) is 1. The Kier molecular flexibility index (Phi) is 7.35. The van der Waals surface area contributed by atoms with E-state index in [1.54, 1.807) is 15.6 Å². The van der Waals surface area contributed by atoms with E-state index in [0.717, 1.165) is 28.9 Å². The summed E-state index contributed by atoms with van der Waals surface area (Å²) in [5.74, 6) is -0.544. The van der Waals surface area contributed by atoms with Crippen LogP contribution in [0.1, 0.15) is 37.7 Å². The first-order valence-electron chi connectivity index (χ1n) is 12.7. The zero-order valence-corrected chi connectivity index (χ0v) is 21.3. The number of amides is 2. The molecule has 0 saturated carbocycles. The first-order chi connectivity index (χ1) is 18.4. The van der Waals surface area contributed by atoms with Crippen molar-refractivity contribution in [2.75, 3.05) is 26.2 Å². The third kappa shape index (κ3) is 5.51. The molecule has 1 aliphatic heterocycles. The lowest BCUT2D eigenvalue weighted by molar-refractivity contribution is 0.0671. The number of nitrogens with two attached hydrogens (primary N) is 1. The maximum Gasteiger partial charge on any atom is 0.269 e. The van der Waals surface area contributed by atoms with Crippen molar-refractivity contribution >= 4 is 11.8 Å². The Bertz CT molecular complexity index is 1430. The fourth-order valence-corrected chi connectivity index (χ4v) is 4.78. The summed E-state index contributed by atoms with van der Waals surface area (Å²) in [6.07, 6.45) is 0.790. The number of carbonyl (C=O) groups excluding carboxylic acids is 2. The highest BCUT2D eigenvalue weighted by Crippen LogP contribution is 2.23. The Labute approximate surface area is 221 Å². The third-order valence-electron chi connectivity index (χ3n) is 6.91. The molecule has 2 amide bonds. The van der Waals surface area contributed by atoms with Crippen molar-refractivity contribution < 1.29 is 14.7 Å². The molecule has 8 heteroatoms. The molecule has 8 nitrogen and oxygen atoms in total. The van der Waals surface area contributed by atoms with E-state index >= 15 is 0 Å². The van der Waals surface area contributed by atoms with Gasteiger partial charge in [-0.1, -0.05) is 48.5 Å². The van der Waals surface area contributed by atoms with Crippen LogP contribution in [0.2, 0.25) is 0 Å². The molecule has 0 aliphatic carbocycles. The number of aryl methyl sites for hydroxylation is 1. The standard InChI is InChI=1S/C30H31N5O3/c1-20-16-28(29(31)37)33-35(20)27-12-4-22(5-13-27)17-21-2-6-23(7-3-21)24-8-10-25(11-9-24)30(38)34-15-14-32-26(18-34)19-36/h2-13,16,26,32,36H,14-15,17-19H2,1H3,(H2,31,37)/t26-/m0/s1. The average molecular weight is 510 g/mol. The molecule has 0 spiro atoms. The molecule has 1 aliphatic rings. The number of hydrogen-bond acceptors (Lipinski definition) is 5. The van der Waals surface area contributed by atoms with E-state index in [1.807, 2.05) is 43.3 Å². The fourth-order valence-electron chi connectivity index (χ4n) is 4.78. The molecule has 4 aromatic rings. The van der Waals surface area contributed by atoms with Crippen LogP contribution in [-0.2, 0) is 6.42 Å². The van der Waals surface area contributed by atoms with Crippen LogP contribution in [-0.4, -0.2) is 63.9 Å². The summed E-state index contributed by atoms with van der Waals surface area (Å²) in [5, 5.41) is 16.9. The lowest BCUT2D eigenvalue weighted by Gasteiger charge is -2.32. The molecule has 2 heterocycles. The number of nitrogens with zero attached hydrogens (tertiary/aromatic N) is 3. The van der Waals surface area contributed by atoms with Crippen LogP contribution in [0.25, 0.3) is 16.8 Å². The van der Waals surface area contributed by atoms with Gasteiger partial charge in [-0.2, -0.15) is 5.10 Å². The number of benzene rings is 3. The van der Waals surface area contributed by atoms with Crippen molar-refractivity contribution in [2.24, 2.45) is 5.73 Å². The van der Waals surface area contributed by atoms with Crippen LogP contribution in [0.3, 0.4) is 0 Å². The van der Waals surface area contributed by atoms with E-state index in [-0.39, 0.29) is 24.2 Å². The summed E-state index contributed by atoms with van der Waals surface area (Å²) in [6, 6.07) is 25.9. The normalized spacial score (nSPS) is 15.4. The number of hydrogen-bond donors (Lipinski definition) is 3. The number of aliphatic hydroxyl groups is 1. The Hall–Kier alpha value is -4.27. The molecule has 38 heavy (non-hydrogen) atoms. The van der Waals surface area contributed by atoms with Gasteiger partial charge in [-0.15, -0.1) is 0 Å². The molecule has 1 atom stereocenters. The van der Waals surface area contributed by atoms with Crippen molar-refractivity contribution in [3.05, 3.63) is 107 Å². The van der Waals surface area contributed by atoms with Gasteiger partial charge in [-0.25, -0.2) is 4.68 Å². The Morgan fingerprint density at radius 1 is 0.974 bits per heavy atom. The summed E-state index contributed by atoms with van der Waals surface area (Å²) < 4.78 is 1.72. The van der Waals surface area contributed by atoms with Gasteiger partial charge >= 0.3 is 0 Å². The largest absolute Gasteiger partial charge is 0.395 e. The van der Waals surface area contributed by atoms with Crippen LogP contribution in [0.5, 0.6) is 0 Å². The molecule has 1 fully saturated rings. The number of aromatic nitrogens is 2. The van der Waals surface area contributed by atoms with Gasteiger partial charge < -0.3 is 21.1 Å². The van der Waals surface area contributed by atoms with E-state index < -0.39 is 5.91 Å². The maximum atomic E-state index is 12.9. The van der Waals surface area contributed by atoms with Gasteiger partial charge in [0.2, 0.25) is 0 Å². The van der Waals surface area contributed by atoms with Gasteiger partial charge in [0.1, 0.15) is 0 Å². The molecular weight excluding hydrogens is 478 g/mol.